The molecule has 2 aliphatic rings. The van der Waals surface area contributed by atoms with Crippen molar-refractivity contribution >= 4 is 17.5 Å². The summed E-state index contributed by atoms with van der Waals surface area (Å²) in [7, 11) is 0. The number of rotatable bonds is 3. The van der Waals surface area contributed by atoms with Crippen LogP contribution in [0.25, 0.3) is 0 Å². The van der Waals surface area contributed by atoms with E-state index in [1.807, 2.05) is 18.2 Å². The molecule has 3 rings (SSSR count). The zero-order chi connectivity index (χ0) is 15.5. The van der Waals surface area contributed by atoms with Crippen molar-refractivity contribution in [3.05, 3.63) is 30.3 Å². The number of carbonyl (C=O) groups excluding carboxylic acids is 2. The number of para-hydroxylation sites is 1. The summed E-state index contributed by atoms with van der Waals surface area (Å²) in [5.74, 6) is 2.66. The van der Waals surface area contributed by atoms with Gasteiger partial charge in [0.15, 0.2) is 0 Å². The summed E-state index contributed by atoms with van der Waals surface area (Å²) in [5, 5.41) is 3.34. The van der Waals surface area contributed by atoms with E-state index in [2.05, 4.69) is 11.2 Å². The van der Waals surface area contributed by atoms with E-state index >= 15 is 0 Å². The average Bonchev–Trinajstić information content (AvgIpc) is 2.83. The molecule has 3 atom stereocenters. The molecule has 1 aliphatic carbocycles. The van der Waals surface area contributed by atoms with Gasteiger partial charge in [0.25, 0.3) is 5.91 Å². The monoisotopic (exact) mass is 296 g/mol. The molecule has 1 saturated carbocycles. The van der Waals surface area contributed by atoms with Gasteiger partial charge in [-0.05, 0) is 25.0 Å². The molecule has 0 bridgehead atoms. The summed E-state index contributed by atoms with van der Waals surface area (Å²) in [5.41, 5.74) is 0.638. The lowest BCUT2D eigenvalue weighted by Crippen LogP contribution is -2.47. The number of amides is 2. The molecule has 4 heteroatoms. The highest BCUT2D eigenvalue weighted by atomic mass is 16.2. The predicted octanol–water partition coefficient (Wildman–Crippen LogP) is 2.10. The Bertz CT molecular complexity index is 605. The summed E-state index contributed by atoms with van der Waals surface area (Å²) < 4.78 is 0. The van der Waals surface area contributed by atoms with Crippen LogP contribution in [0.4, 0.5) is 5.69 Å². The molecule has 1 aliphatic heterocycles. The van der Waals surface area contributed by atoms with Gasteiger partial charge in [-0.2, -0.15) is 0 Å². The van der Waals surface area contributed by atoms with Gasteiger partial charge in [0.1, 0.15) is 0 Å². The second kappa shape index (κ2) is 6.33. The maximum absolute atomic E-state index is 12.6. The number of terminal acetylenes is 1. The second-order valence-corrected chi connectivity index (χ2v) is 5.99. The first-order valence-corrected chi connectivity index (χ1v) is 7.84. The van der Waals surface area contributed by atoms with Crippen LogP contribution in [-0.4, -0.2) is 23.9 Å². The number of carbonyl (C=O) groups is 2. The van der Waals surface area contributed by atoms with Crippen LogP contribution in [0, 0.1) is 18.3 Å². The van der Waals surface area contributed by atoms with Crippen molar-refractivity contribution in [3.63, 3.8) is 0 Å². The smallest absolute Gasteiger partial charge is 0.251 e. The molecule has 1 N–H and O–H groups in total. The fourth-order valence-corrected chi connectivity index (χ4v) is 3.40. The Morgan fingerprint density at radius 2 is 1.86 bits per heavy atom. The van der Waals surface area contributed by atoms with Crippen LogP contribution in [0.5, 0.6) is 0 Å². The van der Waals surface area contributed by atoms with Crippen LogP contribution in [0.15, 0.2) is 30.3 Å². The van der Waals surface area contributed by atoms with Crippen LogP contribution >= 0.6 is 0 Å². The molecular formula is C18H20N2O2. The predicted molar refractivity (Wildman–Crippen MR) is 85.1 cm³/mol. The van der Waals surface area contributed by atoms with E-state index in [1.165, 1.54) is 4.90 Å². The van der Waals surface area contributed by atoms with Crippen LogP contribution in [-0.2, 0) is 9.59 Å². The molecule has 22 heavy (non-hydrogen) atoms. The number of nitrogens with zero attached hydrogens (tertiary/aromatic N) is 1. The molecule has 1 aromatic rings. The number of nitrogens with one attached hydrogen (secondary N) is 1. The minimum absolute atomic E-state index is 0.135. The Balaban J connectivity index is 1.73. The first-order chi connectivity index (χ1) is 10.7. The highest BCUT2D eigenvalue weighted by molar-refractivity contribution is 6.22. The van der Waals surface area contributed by atoms with Crippen LogP contribution in [0.3, 0.4) is 0 Å². The number of hydrogen-bond donors (Lipinski definition) is 1. The minimum Gasteiger partial charge on any atom is -0.301 e. The van der Waals surface area contributed by atoms with Crippen molar-refractivity contribution in [2.75, 3.05) is 4.90 Å². The number of anilines is 1. The standard InChI is InChI=1S/C18H20N2O2/c1-2-13-8-6-7-11-15(13)19-16-12-17(21)20(18(16)22)14-9-4-3-5-10-14/h1,3-5,9-10,13,15-16,19H,6-8,11-12H2/t13-,15-,16-/m0/s1. The summed E-state index contributed by atoms with van der Waals surface area (Å²) >= 11 is 0. The number of hydrogen-bond acceptors (Lipinski definition) is 3. The Morgan fingerprint density at radius 3 is 2.59 bits per heavy atom. The third-order valence-corrected chi connectivity index (χ3v) is 4.56. The molecule has 0 aromatic heterocycles. The number of imide groups is 1. The zero-order valence-corrected chi connectivity index (χ0v) is 12.5. The normalized spacial score (nSPS) is 28.7. The van der Waals surface area contributed by atoms with Crippen molar-refractivity contribution in [3.8, 4) is 12.3 Å². The maximum atomic E-state index is 12.6. The van der Waals surface area contributed by atoms with E-state index in [1.54, 1.807) is 12.1 Å². The van der Waals surface area contributed by atoms with Gasteiger partial charge < -0.3 is 5.32 Å². The molecule has 1 heterocycles. The third-order valence-electron chi connectivity index (χ3n) is 4.56. The summed E-state index contributed by atoms with van der Waals surface area (Å²) in [6.45, 7) is 0. The molecule has 2 amide bonds. The van der Waals surface area contributed by atoms with Gasteiger partial charge in [0.05, 0.1) is 18.2 Å². The zero-order valence-electron chi connectivity index (χ0n) is 12.5. The third kappa shape index (κ3) is 2.77. The van der Waals surface area contributed by atoms with Crippen molar-refractivity contribution < 1.29 is 9.59 Å². The van der Waals surface area contributed by atoms with Crippen molar-refractivity contribution in [1.29, 1.82) is 0 Å². The molecule has 1 aromatic carbocycles. The van der Waals surface area contributed by atoms with Gasteiger partial charge in [-0.3, -0.25) is 9.59 Å². The van der Waals surface area contributed by atoms with E-state index in [-0.39, 0.29) is 30.2 Å². The Morgan fingerprint density at radius 1 is 1.14 bits per heavy atom. The molecule has 0 unspecified atom stereocenters. The molecule has 0 radical (unpaired) electrons. The largest absolute Gasteiger partial charge is 0.301 e. The maximum Gasteiger partial charge on any atom is 0.251 e. The Labute approximate surface area is 130 Å². The van der Waals surface area contributed by atoms with Gasteiger partial charge in [-0.15, -0.1) is 12.3 Å². The first kappa shape index (κ1) is 14.8. The molecule has 0 spiro atoms. The second-order valence-electron chi connectivity index (χ2n) is 5.99. The lowest BCUT2D eigenvalue weighted by molar-refractivity contribution is -0.121. The highest BCUT2D eigenvalue weighted by Gasteiger charge is 2.41. The molecule has 1 saturated heterocycles. The number of benzene rings is 1. The lowest BCUT2D eigenvalue weighted by atomic mass is 9.84. The van der Waals surface area contributed by atoms with Crippen LogP contribution in [0.2, 0.25) is 0 Å². The van der Waals surface area contributed by atoms with Crippen molar-refractivity contribution in [2.45, 2.75) is 44.2 Å². The van der Waals surface area contributed by atoms with E-state index in [0.29, 0.717) is 5.69 Å². The minimum atomic E-state index is -0.452. The van der Waals surface area contributed by atoms with Gasteiger partial charge in [0.2, 0.25) is 5.91 Å². The quantitative estimate of drug-likeness (QED) is 0.686. The van der Waals surface area contributed by atoms with E-state index in [0.717, 1.165) is 25.7 Å². The summed E-state index contributed by atoms with van der Waals surface area (Å²) in [6.07, 6.45) is 10.0. The molecule has 2 fully saturated rings. The Hall–Kier alpha value is -2.12. The van der Waals surface area contributed by atoms with E-state index in [9.17, 15) is 9.59 Å². The molecule has 4 nitrogen and oxygen atoms in total. The topological polar surface area (TPSA) is 49.4 Å². The lowest BCUT2D eigenvalue weighted by Gasteiger charge is -2.30. The summed E-state index contributed by atoms with van der Waals surface area (Å²) in [6, 6.07) is 8.76. The van der Waals surface area contributed by atoms with Gasteiger partial charge in [-0.25, -0.2) is 4.90 Å². The highest BCUT2D eigenvalue weighted by Crippen LogP contribution is 2.27. The van der Waals surface area contributed by atoms with Gasteiger partial charge in [0, 0.05) is 12.0 Å². The molecular weight excluding hydrogens is 276 g/mol. The van der Waals surface area contributed by atoms with Gasteiger partial charge in [-0.1, -0.05) is 31.0 Å². The van der Waals surface area contributed by atoms with Gasteiger partial charge >= 0.3 is 0 Å². The van der Waals surface area contributed by atoms with Crippen molar-refractivity contribution in [2.24, 2.45) is 5.92 Å². The SMILES string of the molecule is C#C[C@H]1CCCC[C@@H]1N[C@H]1CC(=O)N(c2ccccc2)C1=O. The van der Waals surface area contributed by atoms with Crippen LogP contribution < -0.4 is 10.2 Å². The fraction of sp³-hybridized carbons (Fsp3) is 0.444. The average molecular weight is 296 g/mol. The van der Waals surface area contributed by atoms with E-state index in [4.69, 9.17) is 6.42 Å². The first-order valence-electron chi connectivity index (χ1n) is 7.84. The fourth-order valence-electron chi connectivity index (χ4n) is 3.40. The van der Waals surface area contributed by atoms with Crippen molar-refractivity contribution in [1.82, 2.24) is 5.32 Å². The Kier molecular flexibility index (Phi) is 4.26. The van der Waals surface area contributed by atoms with E-state index < -0.39 is 6.04 Å². The molecule has 114 valence electrons. The van der Waals surface area contributed by atoms with Crippen LogP contribution in [0.1, 0.15) is 32.1 Å². The summed E-state index contributed by atoms with van der Waals surface area (Å²) in [4.78, 5) is 26.1.